The minimum absolute atomic E-state index is 0.0108. The van der Waals surface area contributed by atoms with Gasteiger partial charge in [-0.3, -0.25) is 19.7 Å². The Morgan fingerprint density at radius 3 is 1.84 bits per heavy atom. The molecule has 3 aromatic heterocycles. The van der Waals surface area contributed by atoms with E-state index >= 15 is 0 Å². The van der Waals surface area contributed by atoms with Crippen LogP contribution in [-0.4, -0.2) is 44.7 Å². The minimum Gasteiger partial charge on any atom is -0.392 e. The molecule has 0 aliphatic carbocycles. The maximum absolute atomic E-state index is 13.2. The van der Waals surface area contributed by atoms with Crippen LogP contribution < -0.4 is 0 Å². The molecule has 0 spiro atoms. The van der Waals surface area contributed by atoms with Crippen molar-refractivity contribution in [2.75, 3.05) is 13.1 Å². The highest BCUT2D eigenvalue weighted by Crippen LogP contribution is 2.40. The van der Waals surface area contributed by atoms with Crippen LogP contribution in [0.5, 0.6) is 0 Å². The van der Waals surface area contributed by atoms with E-state index < -0.39 is 4.92 Å². The molecule has 0 saturated heterocycles. The number of nitro groups is 1. The van der Waals surface area contributed by atoms with Gasteiger partial charge < -0.3 is 14.9 Å². The maximum Gasteiger partial charge on any atom is 0.269 e. The number of hydrogen-bond donors (Lipinski definition) is 1. The zero-order valence-electron chi connectivity index (χ0n) is 27.2. The van der Waals surface area contributed by atoms with E-state index in [-0.39, 0.29) is 36.2 Å². The Hall–Kier alpha value is -4.65. The number of nitrogens with zero attached hydrogens (tertiary/aromatic N) is 3. The lowest BCUT2D eigenvalue weighted by atomic mass is 9.92. The van der Waals surface area contributed by atoms with Crippen molar-refractivity contribution in [2.45, 2.75) is 31.5 Å². The van der Waals surface area contributed by atoms with Crippen LogP contribution in [0.25, 0.3) is 0 Å². The molecule has 2 amide bonds. The fraction of sp³-hybridized carbons (Fsp3) is 0.179. The lowest BCUT2D eigenvalue weighted by molar-refractivity contribution is -0.384. The third-order valence-corrected chi connectivity index (χ3v) is 12.4. The number of benzene rings is 3. The molecule has 5 heterocycles. The fourth-order valence-corrected chi connectivity index (χ4v) is 9.50. The van der Waals surface area contributed by atoms with E-state index in [9.17, 15) is 24.8 Å². The first-order chi connectivity index (χ1) is 24.8. The monoisotopic (exact) mass is 753 g/mol. The topological polar surface area (TPSA) is 104 Å². The van der Waals surface area contributed by atoms with E-state index in [1.54, 1.807) is 59.1 Å². The Bertz CT molecular complexity index is 2160. The molecule has 6 aromatic rings. The van der Waals surface area contributed by atoms with Gasteiger partial charge >= 0.3 is 0 Å². The number of aliphatic hydroxyl groups excluding tert-OH is 1. The standard InChI is InChI=1S/C21H19NO2S.C18H13ClN2O3S2/c23-14-15-6-8-17(9-7-15)21(24)22-12-10-19-18(11-13-25-19)20(22)16-4-2-1-3-5-16;19-16-6-5-15(26-16)18(22)20-9-7-14-13(8-10-25-14)17(20)11-1-3-12(4-2-11)21(23)24/h1-9,11,13,20,23H,10,12,14H2;1-6,8,10,17H,7,9H2. The molecule has 2 aliphatic rings. The highest BCUT2D eigenvalue weighted by Gasteiger charge is 2.35. The largest absolute Gasteiger partial charge is 0.392 e. The number of rotatable bonds is 6. The first-order valence-electron chi connectivity index (χ1n) is 16.3. The van der Waals surface area contributed by atoms with Gasteiger partial charge in [-0.2, -0.15) is 0 Å². The molecule has 1 N–H and O–H groups in total. The first-order valence-corrected chi connectivity index (χ1v) is 19.3. The molecule has 0 radical (unpaired) electrons. The third-order valence-electron chi connectivity index (χ3n) is 9.16. The van der Waals surface area contributed by atoms with Crippen LogP contribution in [0.1, 0.15) is 69.7 Å². The van der Waals surface area contributed by atoms with Gasteiger partial charge in [0, 0.05) is 40.5 Å². The van der Waals surface area contributed by atoms with Gasteiger partial charge in [0.1, 0.15) is 0 Å². The summed E-state index contributed by atoms with van der Waals surface area (Å²) in [6, 6.07) is 31.2. The number of aliphatic hydroxyl groups is 1. The van der Waals surface area contributed by atoms with E-state index in [1.165, 1.54) is 38.8 Å². The fourth-order valence-electron chi connectivity index (χ4n) is 6.69. The van der Waals surface area contributed by atoms with Crippen LogP contribution in [-0.2, 0) is 19.4 Å². The number of thiophene rings is 3. The second kappa shape index (κ2) is 15.3. The molecule has 2 unspecified atom stereocenters. The Labute approximate surface area is 312 Å². The summed E-state index contributed by atoms with van der Waals surface area (Å²) in [6.45, 7) is 1.31. The number of amides is 2. The van der Waals surface area contributed by atoms with Crippen LogP contribution in [0, 0.1) is 10.1 Å². The summed E-state index contributed by atoms with van der Waals surface area (Å²) in [4.78, 5) is 43.8. The summed E-state index contributed by atoms with van der Waals surface area (Å²) < 4.78 is 0.577. The van der Waals surface area contributed by atoms with Gasteiger partial charge in [0.25, 0.3) is 17.5 Å². The number of fused-ring (bicyclic) bond motifs is 2. The molecule has 2 atom stereocenters. The van der Waals surface area contributed by atoms with Crippen molar-refractivity contribution in [1.82, 2.24) is 9.80 Å². The smallest absolute Gasteiger partial charge is 0.269 e. The molecule has 0 bridgehead atoms. The number of carbonyl (C=O) groups is 2. The summed E-state index contributed by atoms with van der Waals surface area (Å²) >= 11 is 10.7. The second-order valence-electron chi connectivity index (χ2n) is 12.1. The van der Waals surface area contributed by atoms with E-state index in [2.05, 4.69) is 23.6 Å². The zero-order chi connectivity index (χ0) is 35.5. The summed E-state index contributed by atoms with van der Waals surface area (Å²) in [6.07, 6.45) is 1.71. The van der Waals surface area contributed by atoms with Crippen LogP contribution in [0.2, 0.25) is 4.34 Å². The Morgan fingerprint density at radius 2 is 1.31 bits per heavy atom. The molecule has 8 rings (SSSR count). The number of halogens is 1. The normalized spacial score (nSPS) is 16.4. The molecule has 0 fully saturated rings. The lowest BCUT2D eigenvalue weighted by Crippen LogP contribution is -2.40. The van der Waals surface area contributed by atoms with Crippen molar-refractivity contribution < 1.29 is 19.6 Å². The van der Waals surface area contributed by atoms with E-state index in [1.807, 2.05) is 51.6 Å². The lowest BCUT2D eigenvalue weighted by Gasteiger charge is -2.36. The Kier molecular flexibility index (Phi) is 10.4. The van der Waals surface area contributed by atoms with Gasteiger partial charge in [-0.25, -0.2) is 0 Å². The van der Waals surface area contributed by atoms with Gasteiger partial charge in [0.2, 0.25) is 0 Å². The minimum atomic E-state index is -0.419. The van der Waals surface area contributed by atoms with Crippen molar-refractivity contribution in [3.05, 3.63) is 176 Å². The number of non-ortho nitro benzene ring substituents is 1. The van der Waals surface area contributed by atoms with Crippen LogP contribution in [0.4, 0.5) is 5.69 Å². The van der Waals surface area contributed by atoms with Crippen LogP contribution >= 0.6 is 45.6 Å². The van der Waals surface area contributed by atoms with Crippen molar-refractivity contribution in [1.29, 1.82) is 0 Å². The van der Waals surface area contributed by atoms with Gasteiger partial charge in [0.15, 0.2) is 0 Å². The molecular formula is C39H32ClN3O5S3. The molecule has 8 nitrogen and oxygen atoms in total. The zero-order valence-corrected chi connectivity index (χ0v) is 30.4. The van der Waals surface area contributed by atoms with Gasteiger partial charge in [-0.15, -0.1) is 34.0 Å². The van der Waals surface area contributed by atoms with Crippen LogP contribution in [0.15, 0.2) is 114 Å². The predicted molar refractivity (Wildman–Crippen MR) is 203 cm³/mol. The molecule has 2 aliphatic heterocycles. The SMILES string of the molecule is O=C(c1ccc(CO)cc1)N1CCc2sccc2C1c1ccccc1.O=C(c1ccc(Cl)s1)N1CCc2sccc2C1c1ccc([N+](=O)[O-])cc1. The Balaban J connectivity index is 0.000000159. The molecular weight excluding hydrogens is 722 g/mol. The highest BCUT2D eigenvalue weighted by atomic mass is 35.5. The molecule has 12 heteroatoms. The Morgan fingerprint density at radius 1 is 0.745 bits per heavy atom. The highest BCUT2D eigenvalue weighted by molar-refractivity contribution is 7.18. The summed E-state index contributed by atoms with van der Waals surface area (Å²) in [7, 11) is 0. The molecule has 3 aromatic carbocycles. The second-order valence-corrected chi connectivity index (χ2v) is 15.8. The summed E-state index contributed by atoms with van der Waals surface area (Å²) in [5.74, 6) is -0.0303. The van der Waals surface area contributed by atoms with Gasteiger partial charge in [-0.05, 0) is 99.9 Å². The summed E-state index contributed by atoms with van der Waals surface area (Å²) in [5.41, 5.74) is 5.85. The first kappa shape index (κ1) is 34.8. The van der Waals surface area contributed by atoms with E-state index in [0.29, 0.717) is 27.9 Å². The molecule has 258 valence electrons. The van der Waals surface area contributed by atoms with Crippen molar-refractivity contribution in [2.24, 2.45) is 0 Å². The number of carbonyl (C=O) groups excluding carboxylic acids is 2. The quantitative estimate of drug-likeness (QED) is 0.135. The number of hydrogen-bond acceptors (Lipinski definition) is 8. The predicted octanol–water partition coefficient (Wildman–Crippen LogP) is 9.19. The average Bonchev–Trinajstić information content (AvgIpc) is 3.95. The van der Waals surface area contributed by atoms with E-state index in [0.717, 1.165) is 35.1 Å². The van der Waals surface area contributed by atoms with Crippen molar-refractivity contribution in [3.8, 4) is 0 Å². The summed E-state index contributed by atoms with van der Waals surface area (Å²) in [5, 5.41) is 24.3. The van der Waals surface area contributed by atoms with Crippen LogP contribution in [0.3, 0.4) is 0 Å². The maximum atomic E-state index is 13.2. The molecule has 51 heavy (non-hydrogen) atoms. The molecule has 0 saturated carbocycles. The average molecular weight is 754 g/mol. The van der Waals surface area contributed by atoms with Gasteiger partial charge in [-0.1, -0.05) is 54.1 Å². The number of nitro benzene ring substituents is 1. The third kappa shape index (κ3) is 7.26. The van der Waals surface area contributed by atoms with Crippen molar-refractivity contribution in [3.63, 3.8) is 0 Å². The van der Waals surface area contributed by atoms with E-state index in [4.69, 9.17) is 11.6 Å². The van der Waals surface area contributed by atoms with Gasteiger partial charge in [0.05, 0.1) is 32.8 Å². The van der Waals surface area contributed by atoms with Crippen molar-refractivity contribution >= 4 is 63.1 Å².